The van der Waals surface area contributed by atoms with Crippen LogP contribution in [0.25, 0.3) is 11.3 Å². The molecular formula is C18H24N4O. The van der Waals surface area contributed by atoms with E-state index in [9.17, 15) is 4.79 Å². The van der Waals surface area contributed by atoms with E-state index in [-0.39, 0.29) is 17.9 Å². The third kappa shape index (κ3) is 3.15. The molecule has 0 bridgehead atoms. The van der Waals surface area contributed by atoms with Crippen molar-refractivity contribution in [2.24, 2.45) is 5.73 Å². The van der Waals surface area contributed by atoms with Gasteiger partial charge in [0.15, 0.2) is 0 Å². The van der Waals surface area contributed by atoms with Gasteiger partial charge >= 0.3 is 0 Å². The molecule has 1 aromatic heterocycles. The van der Waals surface area contributed by atoms with Gasteiger partial charge in [-0.2, -0.15) is 5.10 Å². The maximum atomic E-state index is 11.3. The highest BCUT2D eigenvalue weighted by Gasteiger charge is 2.22. The molecule has 2 heterocycles. The second-order valence-electron chi connectivity index (χ2n) is 7.15. The van der Waals surface area contributed by atoms with Gasteiger partial charge in [-0.3, -0.25) is 9.48 Å². The summed E-state index contributed by atoms with van der Waals surface area (Å²) in [4.78, 5) is 11.3. The SMILES string of the molecule is CC(C)(C)c1ccc(-c2nn(CC(N)=O)c3c2CNCC3)cc1. The third-order valence-corrected chi connectivity index (χ3v) is 4.34. The molecule has 122 valence electrons. The first-order chi connectivity index (χ1) is 10.9. The van der Waals surface area contributed by atoms with Gasteiger partial charge in [-0.1, -0.05) is 45.0 Å². The number of hydrogen-bond donors (Lipinski definition) is 2. The highest BCUT2D eigenvalue weighted by Crippen LogP contribution is 2.30. The monoisotopic (exact) mass is 312 g/mol. The summed E-state index contributed by atoms with van der Waals surface area (Å²) in [7, 11) is 0. The normalized spacial score (nSPS) is 14.6. The number of primary amides is 1. The molecule has 0 fully saturated rings. The number of amides is 1. The van der Waals surface area contributed by atoms with Crippen LogP contribution in [0.1, 0.15) is 37.6 Å². The van der Waals surface area contributed by atoms with E-state index in [0.29, 0.717) is 0 Å². The van der Waals surface area contributed by atoms with E-state index in [2.05, 4.69) is 55.5 Å². The van der Waals surface area contributed by atoms with Crippen LogP contribution in [-0.2, 0) is 29.7 Å². The Morgan fingerprint density at radius 3 is 2.61 bits per heavy atom. The molecule has 5 heteroatoms. The molecule has 1 amide bonds. The first kappa shape index (κ1) is 15.7. The highest BCUT2D eigenvalue weighted by molar-refractivity contribution is 5.74. The highest BCUT2D eigenvalue weighted by atomic mass is 16.1. The summed E-state index contributed by atoms with van der Waals surface area (Å²) >= 11 is 0. The molecule has 23 heavy (non-hydrogen) atoms. The first-order valence-corrected chi connectivity index (χ1v) is 8.05. The predicted molar refractivity (Wildman–Crippen MR) is 91.0 cm³/mol. The number of rotatable bonds is 3. The zero-order valence-corrected chi connectivity index (χ0v) is 14.0. The molecule has 0 atom stereocenters. The molecule has 0 spiro atoms. The summed E-state index contributed by atoms with van der Waals surface area (Å²) < 4.78 is 1.77. The van der Waals surface area contributed by atoms with Crippen LogP contribution in [0.5, 0.6) is 0 Å². The molecule has 1 aliphatic heterocycles. The number of nitrogens with one attached hydrogen (secondary N) is 1. The standard InChI is InChI=1S/C18H24N4O/c1-18(2,3)13-6-4-12(5-7-13)17-14-10-20-9-8-15(14)22(21-17)11-16(19)23/h4-7,20H,8-11H2,1-3H3,(H2,19,23). The number of benzene rings is 1. The van der Waals surface area contributed by atoms with E-state index >= 15 is 0 Å². The fourth-order valence-electron chi connectivity index (χ4n) is 3.06. The van der Waals surface area contributed by atoms with Gasteiger partial charge in [-0.05, 0) is 11.0 Å². The number of carbonyl (C=O) groups excluding carboxylic acids is 1. The van der Waals surface area contributed by atoms with Crippen LogP contribution in [0.2, 0.25) is 0 Å². The largest absolute Gasteiger partial charge is 0.368 e. The van der Waals surface area contributed by atoms with E-state index in [1.165, 1.54) is 11.1 Å². The van der Waals surface area contributed by atoms with E-state index in [0.717, 1.165) is 36.5 Å². The number of aromatic nitrogens is 2. The molecule has 0 saturated carbocycles. The summed E-state index contributed by atoms with van der Waals surface area (Å²) in [6.07, 6.45) is 0.871. The second-order valence-corrected chi connectivity index (χ2v) is 7.15. The number of nitrogens with two attached hydrogens (primary N) is 1. The molecule has 3 N–H and O–H groups in total. The van der Waals surface area contributed by atoms with Crippen molar-refractivity contribution in [1.29, 1.82) is 0 Å². The molecular weight excluding hydrogens is 288 g/mol. The van der Waals surface area contributed by atoms with Crippen LogP contribution in [0, 0.1) is 0 Å². The Kier molecular flexibility index (Phi) is 3.98. The quantitative estimate of drug-likeness (QED) is 0.910. The molecule has 1 aromatic carbocycles. The van der Waals surface area contributed by atoms with Crippen molar-refractivity contribution < 1.29 is 4.79 Å². The van der Waals surface area contributed by atoms with Crippen LogP contribution < -0.4 is 11.1 Å². The molecule has 0 aliphatic carbocycles. The van der Waals surface area contributed by atoms with Crippen LogP contribution in [0.3, 0.4) is 0 Å². The van der Waals surface area contributed by atoms with Gasteiger partial charge in [0.1, 0.15) is 6.54 Å². The predicted octanol–water partition coefficient (Wildman–Crippen LogP) is 1.98. The molecule has 0 unspecified atom stereocenters. The van der Waals surface area contributed by atoms with E-state index in [4.69, 9.17) is 5.73 Å². The topological polar surface area (TPSA) is 72.9 Å². The van der Waals surface area contributed by atoms with Crippen molar-refractivity contribution in [3.05, 3.63) is 41.1 Å². The Morgan fingerprint density at radius 1 is 1.30 bits per heavy atom. The third-order valence-electron chi connectivity index (χ3n) is 4.34. The summed E-state index contributed by atoms with van der Waals surface area (Å²) in [5, 5.41) is 8.05. The summed E-state index contributed by atoms with van der Waals surface area (Å²) in [5.74, 6) is -0.358. The molecule has 5 nitrogen and oxygen atoms in total. The van der Waals surface area contributed by atoms with Crippen LogP contribution in [0.4, 0.5) is 0 Å². The lowest BCUT2D eigenvalue weighted by molar-refractivity contribution is -0.118. The van der Waals surface area contributed by atoms with Crippen molar-refractivity contribution in [2.75, 3.05) is 6.54 Å². The molecule has 1 aliphatic rings. The van der Waals surface area contributed by atoms with Crippen molar-refractivity contribution in [1.82, 2.24) is 15.1 Å². The van der Waals surface area contributed by atoms with Crippen molar-refractivity contribution in [3.8, 4) is 11.3 Å². The Bertz CT molecular complexity index is 723. The van der Waals surface area contributed by atoms with Crippen LogP contribution in [0.15, 0.2) is 24.3 Å². The van der Waals surface area contributed by atoms with Gasteiger partial charge in [0, 0.05) is 36.3 Å². The summed E-state index contributed by atoms with van der Waals surface area (Å²) in [6.45, 7) is 8.44. The minimum absolute atomic E-state index is 0.130. The zero-order valence-electron chi connectivity index (χ0n) is 14.0. The lowest BCUT2D eigenvalue weighted by Gasteiger charge is -2.19. The van der Waals surface area contributed by atoms with Crippen molar-refractivity contribution in [3.63, 3.8) is 0 Å². The molecule has 0 saturated heterocycles. The van der Waals surface area contributed by atoms with Crippen molar-refractivity contribution >= 4 is 5.91 Å². The second kappa shape index (κ2) is 5.81. The van der Waals surface area contributed by atoms with Gasteiger partial charge in [-0.15, -0.1) is 0 Å². The Balaban J connectivity index is 2.02. The maximum absolute atomic E-state index is 11.3. The van der Waals surface area contributed by atoms with Gasteiger partial charge < -0.3 is 11.1 Å². The number of fused-ring (bicyclic) bond motifs is 1. The summed E-state index contributed by atoms with van der Waals surface area (Å²) in [5.41, 5.74) is 11.1. The summed E-state index contributed by atoms with van der Waals surface area (Å²) in [6, 6.07) is 8.55. The number of hydrogen-bond acceptors (Lipinski definition) is 3. The van der Waals surface area contributed by atoms with Gasteiger partial charge in [0.05, 0.1) is 5.69 Å². The van der Waals surface area contributed by atoms with Gasteiger partial charge in [-0.25, -0.2) is 0 Å². The average molecular weight is 312 g/mol. The van der Waals surface area contributed by atoms with Crippen LogP contribution >= 0.6 is 0 Å². The smallest absolute Gasteiger partial charge is 0.239 e. The first-order valence-electron chi connectivity index (χ1n) is 8.05. The molecule has 2 aromatic rings. The lowest BCUT2D eigenvalue weighted by atomic mass is 9.86. The minimum atomic E-state index is -0.358. The fraction of sp³-hybridized carbons (Fsp3) is 0.444. The molecule has 3 rings (SSSR count). The number of nitrogens with zero attached hydrogens (tertiary/aromatic N) is 2. The average Bonchev–Trinajstić information content (AvgIpc) is 2.85. The van der Waals surface area contributed by atoms with E-state index < -0.39 is 0 Å². The van der Waals surface area contributed by atoms with Gasteiger partial charge in [0.25, 0.3) is 0 Å². The van der Waals surface area contributed by atoms with Crippen molar-refractivity contribution in [2.45, 2.75) is 45.7 Å². The lowest BCUT2D eigenvalue weighted by Crippen LogP contribution is -2.27. The maximum Gasteiger partial charge on any atom is 0.239 e. The minimum Gasteiger partial charge on any atom is -0.368 e. The van der Waals surface area contributed by atoms with E-state index in [1.807, 2.05) is 0 Å². The van der Waals surface area contributed by atoms with Crippen LogP contribution in [-0.4, -0.2) is 22.2 Å². The Labute approximate surface area is 136 Å². The fourth-order valence-corrected chi connectivity index (χ4v) is 3.06. The zero-order chi connectivity index (χ0) is 16.6. The van der Waals surface area contributed by atoms with Gasteiger partial charge in [0.2, 0.25) is 5.91 Å². The Morgan fingerprint density at radius 2 is 2.00 bits per heavy atom. The number of carbonyl (C=O) groups is 1. The molecule has 0 radical (unpaired) electrons. The Hall–Kier alpha value is -2.14. The van der Waals surface area contributed by atoms with E-state index in [1.54, 1.807) is 4.68 Å².